The van der Waals surface area contributed by atoms with Crippen LogP contribution in [0.15, 0.2) is 46.8 Å². The molecule has 1 aromatic carbocycles. The zero-order valence-corrected chi connectivity index (χ0v) is 15.2. The van der Waals surface area contributed by atoms with Crippen molar-refractivity contribution in [1.29, 1.82) is 0 Å². The number of thiophene rings is 1. The van der Waals surface area contributed by atoms with Crippen molar-refractivity contribution in [1.82, 2.24) is 4.57 Å². The summed E-state index contributed by atoms with van der Waals surface area (Å²) in [7, 11) is 1.65. The summed E-state index contributed by atoms with van der Waals surface area (Å²) in [5.74, 6) is 0.562. The van der Waals surface area contributed by atoms with E-state index in [0.29, 0.717) is 0 Å². The van der Waals surface area contributed by atoms with Gasteiger partial charge in [0.05, 0.1) is 17.3 Å². The summed E-state index contributed by atoms with van der Waals surface area (Å²) in [6.07, 6.45) is 4.29. The van der Waals surface area contributed by atoms with Gasteiger partial charge in [-0.15, -0.1) is 11.3 Å². The van der Waals surface area contributed by atoms with Crippen LogP contribution in [-0.4, -0.2) is 17.6 Å². The molecule has 0 aliphatic carbocycles. The molecule has 0 N–H and O–H groups in total. The Morgan fingerprint density at radius 2 is 2.25 bits per heavy atom. The van der Waals surface area contributed by atoms with E-state index in [-0.39, 0.29) is 5.91 Å². The number of amides is 1. The average molecular weight is 358 g/mol. The number of carbonyl (C=O) groups is 1. The van der Waals surface area contributed by atoms with Gasteiger partial charge in [-0.05, 0) is 36.1 Å². The first-order valence-corrected chi connectivity index (χ1v) is 9.38. The number of hydrogen-bond acceptors (Lipinski definition) is 4. The molecule has 0 radical (unpaired) electrons. The molecule has 3 aromatic rings. The molecular weight excluding hydrogens is 340 g/mol. The van der Waals surface area contributed by atoms with Crippen LogP contribution in [0.3, 0.4) is 0 Å². The molecule has 0 bridgehead atoms. The van der Waals surface area contributed by atoms with Crippen LogP contribution in [-0.2, 0) is 11.3 Å². The van der Waals surface area contributed by atoms with E-state index in [1.807, 2.05) is 35.7 Å². The van der Waals surface area contributed by atoms with Crippen molar-refractivity contribution in [3.8, 4) is 5.75 Å². The highest BCUT2D eigenvalue weighted by Crippen LogP contribution is 2.23. The lowest BCUT2D eigenvalue weighted by molar-refractivity contribution is -0.113. The van der Waals surface area contributed by atoms with Crippen LogP contribution in [0.4, 0.5) is 0 Å². The summed E-state index contributed by atoms with van der Waals surface area (Å²) >= 11 is 3.12. The van der Waals surface area contributed by atoms with Gasteiger partial charge in [-0.1, -0.05) is 24.3 Å². The van der Waals surface area contributed by atoms with Gasteiger partial charge in [-0.25, -0.2) is 0 Å². The lowest BCUT2D eigenvalue weighted by Gasteiger charge is -2.04. The second-order valence-corrected chi connectivity index (χ2v) is 7.16. The van der Waals surface area contributed by atoms with Crippen molar-refractivity contribution in [2.75, 3.05) is 7.11 Å². The fraction of sp³-hybridized carbons (Fsp3) is 0.222. The number of benzene rings is 1. The van der Waals surface area contributed by atoms with E-state index in [0.717, 1.165) is 38.6 Å². The Bertz CT molecular complexity index is 934. The maximum atomic E-state index is 12.2. The number of ether oxygens (including phenoxy) is 1. The topological polar surface area (TPSA) is 43.6 Å². The second-order valence-electron chi connectivity index (χ2n) is 5.17. The van der Waals surface area contributed by atoms with Crippen LogP contribution in [0.5, 0.6) is 5.75 Å². The molecule has 0 aliphatic heterocycles. The molecule has 2 aromatic heterocycles. The quantitative estimate of drug-likeness (QED) is 0.637. The summed E-state index contributed by atoms with van der Waals surface area (Å²) in [4.78, 5) is 18.2. The first kappa shape index (κ1) is 16.7. The van der Waals surface area contributed by atoms with Crippen molar-refractivity contribution in [2.45, 2.75) is 19.9 Å². The molecule has 4 nitrogen and oxygen atoms in total. The third kappa shape index (κ3) is 3.66. The van der Waals surface area contributed by atoms with Crippen LogP contribution in [0.1, 0.15) is 18.2 Å². The molecule has 0 saturated heterocycles. The van der Waals surface area contributed by atoms with E-state index in [1.165, 1.54) is 17.4 Å². The lowest BCUT2D eigenvalue weighted by atomic mass is 10.3. The average Bonchev–Trinajstić information content (AvgIpc) is 3.21. The van der Waals surface area contributed by atoms with Gasteiger partial charge in [0.25, 0.3) is 5.91 Å². The van der Waals surface area contributed by atoms with Gasteiger partial charge < -0.3 is 9.30 Å². The number of nitrogens with zero attached hydrogens (tertiary/aromatic N) is 2. The maximum absolute atomic E-state index is 12.2. The van der Waals surface area contributed by atoms with Crippen molar-refractivity contribution >= 4 is 44.9 Å². The Morgan fingerprint density at radius 1 is 1.38 bits per heavy atom. The predicted octanol–water partition coefficient (Wildman–Crippen LogP) is 4.32. The zero-order valence-electron chi connectivity index (χ0n) is 13.6. The summed E-state index contributed by atoms with van der Waals surface area (Å²) in [6, 6.07) is 9.86. The molecule has 0 fully saturated rings. The van der Waals surface area contributed by atoms with Crippen molar-refractivity contribution in [3.63, 3.8) is 0 Å². The molecular formula is C18H18N2O2S2. The summed E-state index contributed by atoms with van der Waals surface area (Å²) in [6.45, 7) is 2.92. The van der Waals surface area contributed by atoms with Crippen LogP contribution >= 0.6 is 22.7 Å². The minimum absolute atomic E-state index is 0.244. The first-order chi connectivity index (χ1) is 11.7. The second kappa shape index (κ2) is 7.59. The van der Waals surface area contributed by atoms with Crippen molar-refractivity contribution in [3.05, 3.63) is 51.5 Å². The van der Waals surface area contributed by atoms with E-state index < -0.39 is 0 Å². The van der Waals surface area contributed by atoms with Gasteiger partial charge in [0.15, 0.2) is 4.80 Å². The van der Waals surface area contributed by atoms with Gasteiger partial charge in [0.2, 0.25) is 0 Å². The Labute approximate surface area is 148 Å². The molecule has 0 spiro atoms. The molecule has 0 aliphatic rings. The van der Waals surface area contributed by atoms with Crippen LogP contribution in [0.25, 0.3) is 16.3 Å². The number of hydrogen-bond donors (Lipinski definition) is 0. The molecule has 0 atom stereocenters. The third-order valence-corrected chi connectivity index (χ3v) is 5.37. The summed E-state index contributed by atoms with van der Waals surface area (Å²) in [5.41, 5.74) is 1.05. The Morgan fingerprint density at radius 3 is 2.96 bits per heavy atom. The van der Waals surface area contributed by atoms with Crippen LogP contribution < -0.4 is 9.54 Å². The molecule has 0 unspecified atom stereocenters. The number of carbonyl (C=O) groups excluding carboxylic acids is 1. The van der Waals surface area contributed by atoms with Crippen LogP contribution in [0.2, 0.25) is 0 Å². The standard InChI is InChI=1S/C18H18N2O2S2/c1-3-10-20-15-12-13(22-2)6-8-16(15)24-18(20)19-17(21)9-7-14-5-4-11-23-14/h4-9,11-12H,3,10H2,1-2H3/b9-7+,19-18?. The van der Waals surface area contributed by atoms with Gasteiger partial charge in [-0.3, -0.25) is 4.79 Å². The molecule has 0 saturated carbocycles. The summed E-state index contributed by atoms with van der Waals surface area (Å²) in [5, 5.41) is 1.98. The largest absolute Gasteiger partial charge is 0.497 e. The normalized spacial score (nSPS) is 12.3. The van der Waals surface area contributed by atoms with E-state index in [9.17, 15) is 4.79 Å². The summed E-state index contributed by atoms with van der Waals surface area (Å²) < 4.78 is 8.49. The predicted molar refractivity (Wildman–Crippen MR) is 101 cm³/mol. The van der Waals surface area contributed by atoms with Gasteiger partial charge in [0, 0.05) is 23.6 Å². The fourth-order valence-electron chi connectivity index (χ4n) is 2.37. The Hall–Kier alpha value is -2.18. The molecule has 124 valence electrons. The Balaban J connectivity index is 2.00. The fourth-order valence-corrected chi connectivity index (χ4v) is 4.03. The monoisotopic (exact) mass is 358 g/mol. The van der Waals surface area contributed by atoms with Gasteiger partial charge >= 0.3 is 0 Å². The minimum Gasteiger partial charge on any atom is -0.497 e. The third-order valence-electron chi connectivity index (χ3n) is 3.48. The highest BCUT2D eigenvalue weighted by Gasteiger charge is 2.08. The van der Waals surface area contributed by atoms with Crippen LogP contribution in [0, 0.1) is 0 Å². The highest BCUT2D eigenvalue weighted by molar-refractivity contribution is 7.16. The number of rotatable bonds is 5. The maximum Gasteiger partial charge on any atom is 0.272 e. The number of thiazole rings is 1. The lowest BCUT2D eigenvalue weighted by Crippen LogP contribution is -2.16. The zero-order chi connectivity index (χ0) is 16.9. The molecule has 2 heterocycles. The van der Waals surface area contributed by atoms with Gasteiger partial charge in [0.1, 0.15) is 5.75 Å². The first-order valence-electron chi connectivity index (χ1n) is 7.69. The molecule has 1 amide bonds. The SMILES string of the molecule is CCCn1c(=NC(=O)/C=C/c2cccs2)sc2ccc(OC)cc21. The molecule has 24 heavy (non-hydrogen) atoms. The molecule has 3 rings (SSSR count). The van der Waals surface area contributed by atoms with E-state index in [1.54, 1.807) is 24.5 Å². The Kier molecular flexibility index (Phi) is 5.27. The van der Waals surface area contributed by atoms with E-state index >= 15 is 0 Å². The number of fused-ring (bicyclic) bond motifs is 1. The number of methoxy groups -OCH3 is 1. The minimum atomic E-state index is -0.244. The highest BCUT2D eigenvalue weighted by atomic mass is 32.1. The smallest absolute Gasteiger partial charge is 0.272 e. The van der Waals surface area contributed by atoms with E-state index in [2.05, 4.69) is 16.5 Å². The van der Waals surface area contributed by atoms with E-state index in [4.69, 9.17) is 4.74 Å². The van der Waals surface area contributed by atoms with Crippen molar-refractivity contribution < 1.29 is 9.53 Å². The molecule has 6 heteroatoms. The number of aromatic nitrogens is 1. The van der Waals surface area contributed by atoms with Gasteiger partial charge in [-0.2, -0.15) is 4.99 Å². The van der Waals surface area contributed by atoms with Crippen molar-refractivity contribution in [2.24, 2.45) is 4.99 Å². The number of aryl methyl sites for hydroxylation is 1.